The molecule has 19 heavy (non-hydrogen) atoms. The second kappa shape index (κ2) is 4.51. The molecule has 1 aliphatic heterocycles. The highest BCUT2D eigenvalue weighted by Crippen LogP contribution is 2.48. The SMILES string of the molecule is O=S1(=O)C(Cl)c2ccccc2-c2ccccc2C1Cl. The molecule has 2 atom stereocenters. The van der Waals surface area contributed by atoms with Crippen molar-refractivity contribution in [2.24, 2.45) is 0 Å². The lowest BCUT2D eigenvalue weighted by atomic mass is 9.97. The van der Waals surface area contributed by atoms with Gasteiger partial charge in [0.05, 0.1) is 0 Å². The van der Waals surface area contributed by atoms with Gasteiger partial charge in [0, 0.05) is 0 Å². The second-order valence-electron chi connectivity index (χ2n) is 4.40. The Hall–Kier alpha value is -1.03. The predicted molar refractivity (Wildman–Crippen MR) is 78.0 cm³/mol. The molecule has 5 heteroatoms. The van der Waals surface area contributed by atoms with E-state index in [4.69, 9.17) is 23.2 Å². The minimum atomic E-state index is -3.67. The minimum absolute atomic E-state index is 0.583. The second-order valence-corrected chi connectivity index (χ2v) is 7.91. The van der Waals surface area contributed by atoms with Crippen LogP contribution >= 0.6 is 23.2 Å². The summed E-state index contributed by atoms with van der Waals surface area (Å²) in [5.41, 5.74) is 2.81. The average Bonchev–Trinajstić information content (AvgIpc) is 2.50. The van der Waals surface area contributed by atoms with Gasteiger partial charge in [0.15, 0.2) is 19.3 Å². The van der Waals surface area contributed by atoms with Gasteiger partial charge < -0.3 is 0 Å². The van der Waals surface area contributed by atoms with Crippen LogP contribution in [0.15, 0.2) is 48.5 Å². The largest absolute Gasteiger partial charge is 0.225 e. The standard InChI is InChI=1S/C14H10Cl2O2S/c15-13-11-7-3-1-5-9(11)10-6-2-4-8-12(10)14(16)19(13,17)18/h1-8,13-14H. The van der Waals surface area contributed by atoms with E-state index in [9.17, 15) is 8.42 Å². The Morgan fingerprint density at radius 3 is 1.53 bits per heavy atom. The molecule has 0 fully saturated rings. The van der Waals surface area contributed by atoms with Crippen LogP contribution in [0.3, 0.4) is 0 Å². The van der Waals surface area contributed by atoms with Crippen molar-refractivity contribution < 1.29 is 8.42 Å². The first-order valence-corrected chi connectivity index (χ1v) is 8.21. The Balaban J connectivity index is 2.44. The lowest BCUT2D eigenvalue weighted by Gasteiger charge is -2.13. The summed E-state index contributed by atoms with van der Waals surface area (Å²) in [5, 5.41) is 0. The van der Waals surface area contributed by atoms with Crippen LogP contribution in [0.2, 0.25) is 0 Å². The van der Waals surface area contributed by atoms with E-state index < -0.39 is 19.3 Å². The third kappa shape index (κ3) is 1.88. The molecule has 2 aromatic rings. The van der Waals surface area contributed by atoms with Gasteiger partial charge in [0.2, 0.25) is 0 Å². The third-order valence-corrected chi connectivity index (χ3v) is 6.90. The highest BCUT2D eigenvalue weighted by molar-refractivity contribution is 7.94. The number of hydrogen-bond donors (Lipinski definition) is 0. The van der Waals surface area contributed by atoms with Crippen molar-refractivity contribution in [3.05, 3.63) is 59.7 Å². The monoisotopic (exact) mass is 312 g/mol. The van der Waals surface area contributed by atoms with Crippen LogP contribution in [-0.2, 0) is 9.84 Å². The molecule has 0 N–H and O–H groups in total. The Morgan fingerprint density at radius 1 is 0.737 bits per heavy atom. The van der Waals surface area contributed by atoms with E-state index in [1.807, 2.05) is 24.3 Å². The molecule has 0 saturated heterocycles. The van der Waals surface area contributed by atoms with Crippen molar-refractivity contribution in [1.82, 2.24) is 0 Å². The van der Waals surface area contributed by atoms with E-state index in [2.05, 4.69) is 0 Å². The van der Waals surface area contributed by atoms with Crippen LogP contribution in [0.1, 0.15) is 20.5 Å². The van der Waals surface area contributed by atoms with Crippen molar-refractivity contribution in [2.75, 3.05) is 0 Å². The van der Waals surface area contributed by atoms with Crippen LogP contribution in [0, 0.1) is 0 Å². The van der Waals surface area contributed by atoms with E-state index >= 15 is 0 Å². The molecule has 0 saturated carbocycles. The number of fused-ring (bicyclic) bond motifs is 3. The Labute approximate surface area is 121 Å². The number of alkyl halides is 2. The quantitative estimate of drug-likeness (QED) is 0.681. The Kier molecular flexibility index (Phi) is 3.08. The van der Waals surface area contributed by atoms with Crippen LogP contribution in [0.5, 0.6) is 0 Å². The fraction of sp³-hybridized carbons (Fsp3) is 0.143. The summed E-state index contributed by atoms with van der Waals surface area (Å²) in [7, 11) is -3.67. The zero-order chi connectivity index (χ0) is 13.6. The molecule has 2 aromatic carbocycles. The van der Waals surface area contributed by atoms with Gasteiger partial charge >= 0.3 is 0 Å². The van der Waals surface area contributed by atoms with E-state index in [0.29, 0.717) is 11.1 Å². The molecule has 2 unspecified atom stereocenters. The first-order valence-electron chi connectivity index (χ1n) is 5.72. The number of benzene rings is 2. The highest BCUT2D eigenvalue weighted by atomic mass is 35.5. The van der Waals surface area contributed by atoms with E-state index in [-0.39, 0.29) is 0 Å². The molecule has 1 heterocycles. The maximum atomic E-state index is 12.4. The van der Waals surface area contributed by atoms with Gasteiger partial charge in [0.25, 0.3) is 0 Å². The van der Waals surface area contributed by atoms with E-state index in [0.717, 1.165) is 11.1 Å². The summed E-state index contributed by atoms with van der Waals surface area (Å²) < 4.78 is 22.5. The fourth-order valence-corrected chi connectivity index (χ4v) is 4.82. The van der Waals surface area contributed by atoms with Crippen molar-refractivity contribution in [3.8, 4) is 11.1 Å². The molecule has 0 radical (unpaired) electrons. The van der Waals surface area contributed by atoms with E-state index in [1.54, 1.807) is 24.3 Å². The highest BCUT2D eigenvalue weighted by Gasteiger charge is 2.39. The zero-order valence-electron chi connectivity index (χ0n) is 9.75. The molecule has 1 aliphatic rings. The lowest BCUT2D eigenvalue weighted by Crippen LogP contribution is -2.12. The third-order valence-electron chi connectivity index (χ3n) is 3.28. The van der Waals surface area contributed by atoms with Crippen molar-refractivity contribution in [1.29, 1.82) is 0 Å². The van der Waals surface area contributed by atoms with Gasteiger partial charge in [-0.05, 0) is 22.3 Å². The van der Waals surface area contributed by atoms with Gasteiger partial charge in [0.1, 0.15) is 0 Å². The molecule has 0 bridgehead atoms. The van der Waals surface area contributed by atoms with Crippen LogP contribution < -0.4 is 0 Å². The molecule has 98 valence electrons. The minimum Gasteiger partial charge on any atom is -0.225 e. The Bertz CT molecular complexity index is 683. The molecule has 0 amide bonds. The smallest absolute Gasteiger partial charge is 0.192 e. The molecule has 3 rings (SSSR count). The van der Waals surface area contributed by atoms with Gasteiger partial charge in [-0.2, -0.15) is 0 Å². The predicted octanol–water partition coefficient (Wildman–Crippen LogP) is 4.26. The number of rotatable bonds is 0. The fourth-order valence-electron chi connectivity index (χ4n) is 2.34. The summed E-state index contributed by atoms with van der Waals surface area (Å²) in [6.45, 7) is 0. The Morgan fingerprint density at radius 2 is 1.11 bits per heavy atom. The van der Waals surface area contributed by atoms with Crippen molar-refractivity contribution in [2.45, 2.75) is 9.42 Å². The summed E-state index contributed by atoms with van der Waals surface area (Å²) >= 11 is 12.3. The zero-order valence-corrected chi connectivity index (χ0v) is 12.1. The van der Waals surface area contributed by atoms with Gasteiger partial charge in [-0.15, -0.1) is 23.2 Å². The summed E-state index contributed by atoms with van der Waals surface area (Å²) in [4.78, 5) is 0. The first kappa shape index (κ1) is 13.0. The number of hydrogen-bond acceptors (Lipinski definition) is 2. The van der Waals surface area contributed by atoms with Crippen LogP contribution in [-0.4, -0.2) is 8.42 Å². The maximum Gasteiger partial charge on any atom is 0.192 e. The topological polar surface area (TPSA) is 34.1 Å². The molecular weight excluding hydrogens is 303 g/mol. The van der Waals surface area contributed by atoms with Gasteiger partial charge in [-0.25, -0.2) is 8.42 Å². The van der Waals surface area contributed by atoms with Gasteiger partial charge in [-0.1, -0.05) is 48.5 Å². The first-order chi connectivity index (χ1) is 9.03. The molecular formula is C14H10Cl2O2S. The van der Waals surface area contributed by atoms with E-state index in [1.165, 1.54) is 0 Å². The van der Waals surface area contributed by atoms with Crippen molar-refractivity contribution in [3.63, 3.8) is 0 Å². The summed E-state index contributed by atoms with van der Waals surface area (Å²) in [6.07, 6.45) is 0. The molecule has 0 spiro atoms. The molecule has 0 aliphatic carbocycles. The van der Waals surface area contributed by atoms with Crippen LogP contribution in [0.25, 0.3) is 11.1 Å². The average molecular weight is 313 g/mol. The lowest BCUT2D eigenvalue weighted by molar-refractivity contribution is 0.592. The molecule has 0 aromatic heterocycles. The summed E-state index contributed by atoms with van der Waals surface area (Å²) in [5.74, 6) is 0. The van der Waals surface area contributed by atoms with Crippen molar-refractivity contribution >= 4 is 33.0 Å². The van der Waals surface area contributed by atoms with Gasteiger partial charge in [-0.3, -0.25) is 0 Å². The van der Waals surface area contributed by atoms with Crippen LogP contribution in [0.4, 0.5) is 0 Å². The molecule has 2 nitrogen and oxygen atoms in total. The normalized spacial score (nSPS) is 24.1. The number of sulfone groups is 1. The maximum absolute atomic E-state index is 12.4. The number of halogens is 2. The summed E-state index contributed by atoms with van der Waals surface area (Å²) in [6, 6.07) is 14.5.